The fourth-order valence-electron chi connectivity index (χ4n) is 9.12. The molecule has 0 aliphatic heterocycles. The second-order valence-corrected chi connectivity index (χ2v) is 15.8. The fraction of sp³-hybridized carbons (Fsp3) is 0.0545. The summed E-state index contributed by atoms with van der Waals surface area (Å²) >= 11 is 0. The smallest absolute Gasteiger partial charge is 0.160 e. The number of nitrogens with zero attached hydrogens (tertiary/aromatic N) is 2. The molecular weight excluding hydrogens is 689 g/mol. The largest absolute Gasteiger partial charge is 0.228 e. The Hall–Kier alpha value is -7.16. The molecule has 1 aliphatic rings. The summed E-state index contributed by atoms with van der Waals surface area (Å²) < 4.78 is 0. The van der Waals surface area contributed by atoms with Crippen LogP contribution in [-0.4, -0.2) is 9.97 Å². The first-order valence-electron chi connectivity index (χ1n) is 19.7. The number of hydrogen-bond donors (Lipinski definition) is 0. The monoisotopic (exact) mass is 726 g/mol. The van der Waals surface area contributed by atoms with E-state index < -0.39 is 0 Å². The lowest BCUT2D eigenvalue weighted by atomic mass is 9.82. The summed E-state index contributed by atoms with van der Waals surface area (Å²) in [7, 11) is 0. The van der Waals surface area contributed by atoms with Crippen molar-refractivity contribution in [3.05, 3.63) is 205 Å². The van der Waals surface area contributed by atoms with Gasteiger partial charge in [0.25, 0.3) is 0 Å². The Bertz CT molecular complexity index is 3180. The molecule has 0 amide bonds. The topological polar surface area (TPSA) is 25.8 Å². The normalized spacial score (nSPS) is 12.9. The molecule has 1 aromatic heterocycles. The van der Waals surface area contributed by atoms with Crippen molar-refractivity contribution in [2.24, 2.45) is 0 Å². The van der Waals surface area contributed by atoms with E-state index in [2.05, 4.69) is 208 Å². The number of benzene rings is 9. The van der Waals surface area contributed by atoms with E-state index in [0.717, 1.165) is 33.6 Å². The van der Waals surface area contributed by atoms with Crippen molar-refractivity contribution in [1.29, 1.82) is 0 Å². The van der Waals surface area contributed by atoms with Crippen LogP contribution in [0.25, 0.3) is 99.6 Å². The average molecular weight is 727 g/mol. The number of fused-ring (bicyclic) bond motifs is 7. The highest BCUT2D eigenvalue weighted by molar-refractivity contribution is 6.19. The van der Waals surface area contributed by atoms with Gasteiger partial charge in [-0.25, -0.2) is 9.97 Å². The minimum atomic E-state index is -0.0128. The van der Waals surface area contributed by atoms with Crippen molar-refractivity contribution in [3.8, 4) is 67.3 Å². The van der Waals surface area contributed by atoms with Gasteiger partial charge in [-0.1, -0.05) is 190 Å². The Morgan fingerprint density at radius 2 is 0.912 bits per heavy atom. The van der Waals surface area contributed by atoms with Gasteiger partial charge in [-0.05, 0) is 95.0 Å². The average Bonchev–Trinajstić information content (AvgIpc) is 3.51. The number of rotatable bonds is 5. The highest BCUT2D eigenvalue weighted by Crippen LogP contribution is 2.49. The molecule has 9 aromatic carbocycles. The van der Waals surface area contributed by atoms with Gasteiger partial charge in [0.2, 0.25) is 0 Å². The minimum Gasteiger partial charge on any atom is -0.228 e. The molecule has 2 nitrogen and oxygen atoms in total. The maximum absolute atomic E-state index is 5.40. The van der Waals surface area contributed by atoms with Crippen LogP contribution in [0.1, 0.15) is 25.0 Å². The van der Waals surface area contributed by atoms with Gasteiger partial charge in [-0.3, -0.25) is 0 Å². The molecule has 1 heterocycles. The van der Waals surface area contributed by atoms with Crippen LogP contribution in [0.5, 0.6) is 0 Å². The molecule has 0 radical (unpaired) electrons. The molecule has 2 heteroatoms. The van der Waals surface area contributed by atoms with E-state index in [1.807, 2.05) is 0 Å². The minimum absolute atomic E-state index is 0.0128. The third-order valence-electron chi connectivity index (χ3n) is 12.1. The van der Waals surface area contributed by atoms with Crippen molar-refractivity contribution in [1.82, 2.24) is 9.97 Å². The van der Waals surface area contributed by atoms with Crippen LogP contribution in [0, 0.1) is 0 Å². The Morgan fingerprint density at radius 3 is 1.72 bits per heavy atom. The van der Waals surface area contributed by atoms with Crippen molar-refractivity contribution < 1.29 is 0 Å². The lowest BCUT2D eigenvalue weighted by Crippen LogP contribution is -2.14. The molecule has 268 valence electrons. The van der Waals surface area contributed by atoms with E-state index in [1.165, 1.54) is 71.3 Å². The molecule has 0 saturated carbocycles. The molecule has 0 bridgehead atoms. The SMILES string of the molecule is CC1(C)c2ccccc2-c2cc(-c3ccc(-c4cc(-c5c6ccccc6cc6c5ccc5ccccc56)nc(-c5ccc(-c6ccccc6)cc5)n4)cc3)ccc21. The zero-order valence-corrected chi connectivity index (χ0v) is 31.9. The first kappa shape index (κ1) is 33.2. The van der Waals surface area contributed by atoms with E-state index in [9.17, 15) is 0 Å². The van der Waals surface area contributed by atoms with E-state index in [-0.39, 0.29) is 5.41 Å². The molecule has 10 aromatic rings. The lowest BCUT2D eigenvalue weighted by molar-refractivity contribution is 0.660. The third kappa shape index (κ3) is 5.48. The number of hydrogen-bond acceptors (Lipinski definition) is 2. The van der Waals surface area contributed by atoms with Crippen LogP contribution in [0.3, 0.4) is 0 Å². The summed E-state index contributed by atoms with van der Waals surface area (Å²) in [5, 5.41) is 7.23. The van der Waals surface area contributed by atoms with Crippen molar-refractivity contribution in [2.45, 2.75) is 19.3 Å². The van der Waals surface area contributed by atoms with Gasteiger partial charge >= 0.3 is 0 Å². The summed E-state index contributed by atoms with van der Waals surface area (Å²) in [5.74, 6) is 0.702. The third-order valence-corrected chi connectivity index (χ3v) is 12.1. The van der Waals surface area contributed by atoms with Crippen LogP contribution >= 0.6 is 0 Å². The maximum Gasteiger partial charge on any atom is 0.160 e. The van der Waals surface area contributed by atoms with Crippen molar-refractivity contribution >= 4 is 32.3 Å². The van der Waals surface area contributed by atoms with Gasteiger partial charge in [-0.2, -0.15) is 0 Å². The fourth-order valence-corrected chi connectivity index (χ4v) is 9.12. The second kappa shape index (κ2) is 13.0. The standard InChI is InChI=1S/C55H38N2/c1-55(2)49-19-11-10-18-45(49)48-32-41(29-31-50(48)55)37-20-24-39(25-21-37)51-34-52(57-54(56-51)40-26-22-36(23-27-40)35-12-4-3-5-13-35)53-44-17-9-7-15-42(44)33-47-43-16-8-6-14-38(43)28-30-46(47)53/h3-34H,1-2H3. The summed E-state index contributed by atoms with van der Waals surface area (Å²) in [4.78, 5) is 10.7. The molecule has 57 heavy (non-hydrogen) atoms. The Labute approximate surface area is 332 Å². The lowest BCUT2D eigenvalue weighted by Gasteiger charge is -2.21. The predicted octanol–water partition coefficient (Wildman–Crippen LogP) is 14.6. The molecule has 0 atom stereocenters. The Morgan fingerprint density at radius 1 is 0.333 bits per heavy atom. The van der Waals surface area contributed by atoms with Crippen LogP contribution in [0.4, 0.5) is 0 Å². The van der Waals surface area contributed by atoms with Gasteiger partial charge in [-0.15, -0.1) is 0 Å². The predicted molar refractivity (Wildman–Crippen MR) is 239 cm³/mol. The molecule has 1 aliphatic carbocycles. The molecule has 0 unspecified atom stereocenters. The van der Waals surface area contributed by atoms with Crippen LogP contribution in [-0.2, 0) is 5.41 Å². The molecule has 0 spiro atoms. The summed E-state index contributed by atoms with van der Waals surface area (Å²) in [6.07, 6.45) is 0. The zero-order chi connectivity index (χ0) is 38.1. The Balaban J connectivity index is 1.07. The van der Waals surface area contributed by atoms with Crippen LogP contribution < -0.4 is 0 Å². The first-order valence-corrected chi connectivity index (χ1v) is 19.7. The Kier molecular flexibility index (Phi) is 7.55. The molecule has 0 saturated heterocycles. The van der Waals surface area contributed by atoms with Crippen LogP contribution in [0.15, 0.2) is 194 Å². The molecule has 11 rings (SSSR count). The summed E-state index contributed by atoms with van der Waals surface area (Å²) in [6, 6.07) is 70.2. The van der Waals surface area contributed by atoms with Gasteiger partial charge < -0.3 is 0 Å². The highest BCUT2D eigenvalue weighted by atomic mass is 14.9. The zero-order valence-electron chi connectivity index (χ0n) is 31.9. The summed E-state index contributed by atoms with van der Waals surface area (Å²) in [6.45, 7) is 4.66. The number of aromatic nitrogens is 2. The van der Waals surface area contributed by atoms with E-state index >= 15 is 0 Å². The van der Waals surface area contributed by atoms with Crippen LogP contribution in [0.2, 0.25) is 0 Å². The van der Waals surface area contributed by atoms with Gasteiger partial charge in [0, 0.05) is 22.1 Å². The van der Waals surface area contributed by atoms with Crippen molar-refractivity contribution in [3.63, 3.8) is 0 Å². The van der Waals surface area contributed by atoms with E-state index in [4.69, 9.17) is 9.97 Å². The first-order chi connectivity index (χ1) is 28.0. The van der Waals surface area contributed by atoms with Gasteiger partial charge in [0.1, 0.15) is 0 Å². The second-order valence-electron chi connectivity index (χ2n) is 15.8. The highest BCUT2D eigenvalue weighted by Gasteiger charge is 2.35. The van der Waals surface area contributed by atoms with Crippen molar-refractivity contribution in [2.75, 3.05) is 0 Å². The molecular formula is C55H38N2. The quantitative estimate of drug-likeness (QED) is 0.130. The molecule has 0 fully saturated rings. The van der Waals surface area contributed by atoms with E-state index in [1.54, 1.807) is 0 Å². The molecule has 0 N–H and O–H groups in total. The van der Waals surface area contributed by atoms with E-state index in [0.29, 0.717) is 5.82 Å². The van der Waals surface area contributed by atoms with Gasteiger partial charge in [0.05, 0.1) is 11.4 Å². The maximum atomic E-state index is 5.40. The van der Waals surface area contributed by atoms with Gasteiger partial charge in [0.15, 0.2) is 5.82 Å². The summed E-state index contributed by atoms with van der Waals surface area (Å²) in [5.41, 5.74) is 15.1.